The van der Waals surface area contributed by atoms with Gasteiger partial charge in [-0.25, -0.2) is 13.6 Å². The van der Waals surface area contributed by atoms with Gasteiger partial charge in [-0.1, -0.05) is 5.16 Å². The SMILES string of the molecule is NS(=O)(=O)CC1CC(=O)N(Cc2nc(-c3cccnc3)no2)C1. The first-order valence-corrected chi connectivity index (χ1v) is 8.63. The highest BCUT2D eigenvalue weighted by Gasteiger charge is 2.32. The molecular weight excluding hydrogens is 322 g/mol. The number of rotatable bonds is 5. The third kappa shape index (κ3) is 3.90. The van der Waals surface area contributed by atoms with E-state index in [0.29, 0.717) is 17.9 Å². The van der Waals surface area contributed by atoms with Crippen molar-refractivity contribution in [2.45, 2.75) is 13.0 Å². The molecule has 23 heavy (non-hydrogen) atoms. The van der Waals surface area contributed by atoms with Crippen LogP contribution in [0, 0.1) is 5.92 Å². The first-order chi connectivity index (χ1) is 10.9. The molecule has 1 unspecified atom stereocenters. The van der Waals surface area contributed by atoms with Crippen LogP contribution in [0.4, 0.5) is 0 Å². The van der Waals surface area contributed by atoms with Crippen LogP contribution in [0.25, 0.3) is 11.4 Å². The molecule has 1 saturated heterocycles. The van der Waals surface area contributed by atoms with Crippen molar-refractivity contribution >= 4 is 15.9 Å². The zero-order chi connectivity index (χ0) is 16.4. The Kier molecular flexibility index (Phi) is 4.09. The fourth-order valence-corrected chi connectivity index (χ4v) is 3.42. The Balaban J connectivity index is 1.66. The lowest BCUT2D eigenvalue weighted by molar-refractivity contribution is -0.128. The second kappa shape index (κ2) is 6.05. The maximum Gasteiger partial charge on any atom is 0.246 e. The minimum Gasteiger partial charge on any atom is -0.337 e. The van der Waals surface area contributed by atoms with Crippen LogP contribution in [0.5, 0.6) is 0 Å². The van der Waals surface area contributed by atoms with Gasteiger partial charge < -0.3 is 9.42 Å². The van der Waals surface area contributed by atoms with E-state index in [9.17, 15) is 13.2 Å². The van der Waals surface area contributed by atoms with Gasteiger partial charge >= 0.3 is 0 Å². The number of carbonyl (C=O) groups excluding carboxylic acids is 1. The average Bonchev–Trinajstić information content (AvgIpc) is 3.06. The van der Waals surface area contributed by atoms with Gasteiger partial charge in [-0.2, -0.15) is 4.98 Å². The fraction of sp³-hybridized carbons (Fsp3) is 0.385. The third-order valence-electron chi connectivity index (χ3n) is 3.48. The van der Waals surface area contributed by atoms with E-state index >= 15 is 0 Å². The maximum absolute atomic E-state index is 11.9. The summed E-state index contributed by atoms with van der Waals surface area (Å²) in [5, 5.41) is 8.87. The van der Waals surface area contributed by atoms with Crippen LogP contribution in [0.2, 0.25) is 0 Å². The van der Waals surface area contributed by atoms with E-state index < -0.39 is 10.0 Å². The number of hydrogen-bond acceptors (Lipinski definition) is 7. The maximum atomic E-state index is 11.9. The van der Waals surface area contributed by atoms with Crippen molar-refractivity contribution in [1.29, 1.82) is 0 Å². The molecule has 2 aromatic rings. The molecule has 9 nitrogen and oxygen atoms in total. The highest BCUT2D eigenvalue weighted by molar-refractivity contribution is 7.89. The fourth-order valence-electron chi connectivity index (χ4n) is 2.54. The van der Waals surface area contributed by atoms with Crippen molar-refractivity contribution in [3.63, 3.8) is 0 Å². The molecule has 0 spiro atoms. The molecule has 1 atom stereocenters. The normalized spacial score (nSPS) is 18.6. The molecular formula is C13H15N5O4S. The number of primary sulfonamides is 1. The van der Waals surface area contributed by atoms with Crippen molar-refractivity contribution in [3.05, 3.63) is 30.4 Å². The minimum atomic E-state index is -3.60. The number of pyridine rings is 1. The van der Waals surface area contributed by atoms with Crippen molar-refractivity contribution in [2.75, 3.05) is 12.3 Å². The van der Waals surface area contributed by atoms with Gasteiger partial charge in [-0.15, -0.1) is 0 Å². The van der Waals surface area contributed by atoms with E-state index in [1.807, 2.05) is 0 Å². The van der Waals surface area contributed by atoms with E-state index in [1.165, 1.54) is 4.90 Å². The molecule has 1 aliphatic heterocycles. The van der Waals surface area contributed by atoms with Crippen LogP contribution in [-0.2, 0) is 21.4 Å². The summed E-state index contributed by atoms with van der Waals surface area (Å²) in [6.07, 6.45) is 3.40. The number of amides is 1. The summed E-state index contributed by atoms with van der Waals surface area (Å²) in [5.41, 5.74) is 0.711. The number of sulfonamides is 1. The minimum absolute atomic E-state index is 0.146. The Morgan fingerprint density at radius 2 is 2.26 bits per heavy atom. The van der Waals surface area contributed by atoms with E-state index in [-0.39, 0.29) is 36.4 Å². The zero-order valence-corrected chi connectivity index (χ0v) is 12.9. The molecule has 1 amide bonds. The summed E-state index contributed by atoms with van der Waals surface area (Å²) in [6, 6.07) is 3.55. The Morgan fingerprint density at radius 3 is 2.96 bits per heavy atom. The van der Waals surface area contributed by atoms with Gasteiger partial charge in [0.15, 0.2) is 0 Å². The van der Waals surface area contributed by atoms with Crippen molar-refractivity contribution < 1.29 is 17.7 Å². The van der Waals surface area contributed by atoms with Gasteiger partial charge in [0.2, 0.25) is 27.6 Å². The molecule has 0 aromatic carbocycles. The summed E-state index contributed by atoms with van der Waals surface area (Å²) in [7, 11) is -3.60. The van der Waals surface area contributed by atoms with Gasteiger partial charge in [0, 0.05) is 36.8 Å². The molecule has 0 bridgehead atoms. The van der Waals surface area contributed by atoms with E-state index in [4.69, 9.17) is 9.66 Å². The van der Waals surface area contributed by atoms with Gasteiger partial charge in [0.1, 0.15) is 0 Å². The molecule has 122 valence electrons. The molecule has 10 heteroatoms. The first kappa shape index (κ1) is 15.6. The van der Waals surface area contributed by atoms with Crippen LogP contribution < -0.4 is 5.14 Å². The average molecular weight is 337 g/mol. The number of nitrogens with zero attached hydrogens (tertiary/aromatic N) is 4. The van der Waals surface area contributed by atoms with E-state index in [2.05, 4.69) is 15.1 Å². The molecule has 0 radical (unpaired) electrons. The Labute approximate surface area is 132 Å². The summed E-state index contributed by atoms with van der Waals surface area (Å²) < 4.78 is 27.4. The van der Waals surface area contributed by atoms with Gasteiger partial charge in [-0.05, 0) is 12.1 Å². The van der Waals surface area contributed by atoms with Crippen molar-refractivity contribution in [2.24, 2.45) is 11.1 Å². The number of hydrogen-bond donors (Lipinski definition) is 1. The Hall–Kier alpha value is -2.33. The smallest absolute Gasteiger partial charge is 0.246 e. The van der Waals surface area contributed by atoms with Gasteiger partial charge in [0.25, 0.3) is 0 Å². The van der Waals surface area contributed by atoms with Crippen molar-refractivity contribution in [3.8, 4) is 11.4 Å². The monoisotopic (exact) mass is 337 g/mol. The Bertz CT molecular complexity index is 805. The van der Waals surface area contributed by atoms with Crippen LogP contribution in [0.1, 0.15) is 12.3 Å². The second-order valence-electron chi connectivity index (χ2n) is 5.43. The van der Waals surface area contributed by atoms with Crippen molar-refractivity contribution in [1.82, 2.24) is 20.0 Å². The number of likely N-dealkylation sites (tertiary alicyclic amines) is 1. The first-order valence-electron chi connectivity index (χ1n) is 6.92. The van der Waals surface area contributed by atoms with E-state index in [0.717, 1.165) is 0 Å². The standard InChI is InChI=1S/C13H15N5O4S/c14-23(20,21)8-9-4-12(19)18(6-9)7-11-16-13(17-22-11)10-2-1-3-15-5-10/h1-3,5,9H,4,6-8H2,(H2,14,20,21). The lowest BCUT2D eigenvalue weighted by atomic mass is 10.1. The molecule has 3 heterocycles. The lowest BCUT2D eigenvalue weighted by Gasteiger charge is -2.13. The topological polar surface area (TPSA) is 132 Å². The highest BCUT2D eigenvalue weighted by Crippen LogP contribution is 2.21. The largest absolute Gasteiger partial charge is 0.337 e. The molecule has 0 saturated carbocycles. The zero-order valence-electron chi connectivity index (χ0n) is 12.1. The summed E-state index contributed by atoms with van der Waals surface area (Å²) in [4.78, 5) is 21.6. The summed E-state index contributed by atoms with van der Waals surface area (Å²) in [6.45, 7) is 0.451. The third-order valence-corrected chi connectivity index (χ3v) is 4.41. The Morgan fingerprint density at radius 1 is 1.43 bits per heavy atom. The molecule has 1 fully saturated rings. The number of aromatic nitrogens is 3. The number of nitrogens with two attached hydrogens (primary N) is 1. The molecule has 2 N–H and O–H groups in total. The lowest BCUT2D eigenvalue weighted by Crippen LogP contribution is -2.27. The quantitative estimate of drug-likeness (QED) is 0.796. The van der Waals surface area contributed by atoms with Gasteiger partial charge in [-0.3, -0.25) is 9.78 Å². The predicted octanol–water partition coefficient (Wildman–Crippen LogP) is -0.231. The molecule has 0 aliphatic carbocycles. The van der Waals surface area contributed by atoms with Crippen LogP contribution >= 0.6 is 0 Å². The second-order valence-corrected chi connectivity index (χ2v) is 7.09. The predicted molar refractivity (Wildman–Crippen MR) is 79.0 cm³/mol. The van der Waals surface area contributed by atoms with Crippen LogP contribution in [-0.4, -0.2) is 46.6 Å². The summed E-state index contributed by atoms with van der Waals surface area (Å²) in [5.74, 6) is 0.00675. The molecule has 1 aliphatic rings. The van der Waals surface area contributed by atoms with Gasteiger partial charge in [0.05, 0.1) is 12.3 Å². The highest BCUT2D eigenvalue weighted by atomic mass is 32.2. The van der Waals surface area contributed by atoms with E-state index in [1.54, 1.807) is 24.5 Å². The number of carbonyl (C=O) groups is 1. The summed E-state index contributed by atoms with van der Waals surface area (Å²) >= 11 is 0. The molecule has 2 aromatic heterocycles. The van der Waals surface area contributed by atoms with Crippen LogP contribution in [0.3, 0.4) is 0 Å². The van der Waals surface area contributed by atoms with Crippen LogP contribution in [0.15, 0.2) is 29.0 Å². The molecule has 3 rings (SSSR count).